The van der Waals surface area contributed by atoms with E-state index < -0.39 is 16.1 Å². The third-order valence-corrected chi connectivity index (χ3v) is 7.54. The first-order valence-electron chi connectivity index (χ1n) is 12.3. The van der Waals surface area contributed by atoms with Gasteiger partial charge in [0.05, 0.1) is 11.9 Å². The number of nitrogens with zero attached hydrogens (tertiary/aromatic N) is 2. The van der Waals surface area contributed by atoms with Crippen molar-refractivity contribution < 1.29 is 27.5 Å². The Kier molecular flexibility index (Phi) is 10.0. The highest BCUT2D eigenvalue weighted by Gasteiger charge is 2.27. The van der Waals surface area contributed by atoms with E-state index in [-0.39, 0.29) is 37.7 Å². The first kappa shape index (κ1) is 28.6. The molecule has 202 valence electrons. The van der Waals surface area contributed by atoms with E-state index in [0.29, 0.717) is 42.0 Å². The van der Waals surface area contributed by atoms with Crippen LogP contribution in [0.2, 0.25) is 5.02 Å². The molecule has 2 amide bonds. The number of hydrogen-bond acceptors (Lipinski definition) is 6. The van der Waals surface area contributed by atoms with E-state index in [1.807, 2.05) is 19.1 Å². The summed E-state index contributed by atoms with van der Waals surface area (Å²) in [5.74, 6) is 0.515. The molecule has 0 fully saturated rings. The minimum Gasteiger partial charge on any atom is -0.486 e. The Balaban J connectivity index is 1.73. The predicted octanol–water partition coefficient (Wildman–Crippen LogP) is 3.60. The van der Waals surface area contributed by atoms with Gasteiger partial charge < -0.3 is 19.7 Å². The van der Waals surface area contributed by atoms with Crippen molar-refractivity contribution in [3.05, 3.63) is 53.1 Å². The second kappa shape index (κ2) is 13.0. The van der Waals surface area contributed by atoms with Crippen LogP contribution < -0.4 is 19.1 Å². The number of sulfonamides is 1. The fourth-order valence-electron chi connectivity index (χ4n) is 3.98. The number of hydrogen-bond donors (Lipinski definition) is 1. The Morgan fingerprint density at radius 2 is 1.81 bits per heavy atom. The van der Waals surface area contributed by atoms with Crippen molar-refractivity contribution in [1.29, 1.82) is 0 Å². The van der Waals surface area contributed by atoms with Crippen LogP contribution in [0.1, 0.15) is 38.7 Å². The average Bonchev–Trinajstić information content (AvgIpc) is 2.87. The van der Waals surface area contributed by atoms with Gasteiger partial charge in [-0.05, 0) is 43.5 Å². The van der Waals surface area contributed by atoms with Crippen LogP contribution in [0.4, 0.5) is 5.69 Å². The first-order chi connectivity index (χ1) is 17.6. The zero-order valence-electron chi connectivity index (χ0n) is 21.4. The predicted molar refractivity (Wildman–Crippen MR) is 144 cm³/mol. The molecule has 1 aliphatic rings. The van der Waals surface area contributed by atoms with Gasteiger partial charge in [-0.3, -0.25) is 13.9 Å². The number of amides is 2. The number of ether oxygens (including phenoxy) is 2. The fraction of sp³-hybridized carbons (Fsp3) is 0.462. The molecular formula is C26H34ClN3O6S. The van der Waals surface area contributed by atoms with Crippen LogP contribution in [-0.4, -0.2) is 63.7 Å². The Labute approximate surface area is 223 Å². The number of nitrogens with one attached hydrogen (secondary N) is 1. The fourth-order valence-corrected chi connectivity index (χ4v) is 5.13. The number of rotatable bonds is 12. The molecule has 2 aromatic carbocycles. The van der Waals surface area contributed by atoms with E-state index in [1.54, 1.807) is 37.3 Å². The van der Waals surface area contributed by atoms with Crippen LogP contribution in [0, 0.1) is 0 Å². The van der Waals surface area contributed by atoms with Crippen molar-refractivity contribution in [2.75, 3.05) is 36.9 Å². The Hall–Kier alpha value is -2.98. The van der Waals surface area contributed by atoms with Crippen molar-refractivity contribution >= 4 is 39.1 Å². The topological polar surface area (TPSA) is 105 Å². The highest BCUT2D eigenvalue weighted by molar-refractivity contribution is 7.92. The monoisotopic (exact) mass is 551 g/mol. The van der Waals surface area contributed by atoms with E-state index in [9.17, 15) is 18.0 Å². The van der Waals surface area contributed by atoms with Gasteiger partial charge >= 0.3 is 0 Å². The summed E-state index contributed by atoms with van der Waals surface area (Å²) in [6, 6.07) is 11.4. The van der Waals surface area contributed by atoms with Gasteiger partial charge in [-0.2, -0.15) is 0 Å². The zero-order valence-corrected chi connectivity index (χ0v) is 23.0. The lowest BCUT2D eigenvalue weighted by Gasteiger charge is -2.30. The van der Waals surface area contributed by atoms with E-state index in [4.69, 9.17) is 21.1 Å². The van der Waals surface area contributed by atoms with E-state index in [2.05, 4.69) is 5.32 Å². The van der Waals surface area contributed by atoms with Gasteiger partial charge in [0.2, 0.25) is 21.8 Å². The highest BCUT2D eigenvalue weighted by Crippen LogP contribution is 2.34. The maximum absolute atomic E-state index is 13.3. The zero-order chi connectivity index (χ0) is 27.0. The molecule has 11 heteroatoms. The summed E-state index contributed by atoms with van der Waals surface area (Å²) >= 11 is 6.32. The molecule has 3 rings (SSSR count). The summed E-state index contributed by atoms with van der Waals surface area (Å²) in [5, 5.41) is 3.34. The molecule has 0 unspecified atom stereocenters. The number of benzene rings is 2. The van der Waals surface area contributed by atoms with E-state index >= 15 is 0 Å². The van der Waals surface area contributed by atoms with Crippen LogP contribution in [-0.2, 0) is 26.2 Å². The Morgan fingerprint density at radius 1 is 1.11 bits per heavy atom. The van der Waals surface area contributed by atoms with Gasteiger partial charge in [-0.25, -0.2) is 8.42 Å². The van der Waals surface area contributed by atoms with Gasteiger partial charge in [-0.15, -0.1) is 0 Å². The molecule has 0 radical (unpaired) electrons. The van der Waals surface area contributed by atoms with Crippen molar-refractivity contribution in [3.63, 3.8) is 0 Å². The Morgan fingerprint density at radius 3 is 2.49 bits per heavy atom. The molecule has 0 saturated carbocycles. The van der Waals surface area contributed by atoms with Gasteiger partial charge in [0.15, 0.2) is 11.5 Å². The van der Waals surface area contributed by atoms with E-state index in [1.165, 1.54) is 9.21 Å². The standard InChI is InChI=1S/C26H34ClN3O6S/c1-4-13-28-26(32)19(2)29(18-20-8-5-6-9-22(20)27)25(31)10-7-14-30(37(3,33)34)21-11-12-23-24(17-21)36-16-15-35-23/h5-6,8-9,11-12,17,19H,4,7,10,13-16,18H2,1-3H3,(H,28,32)/t19-/m1/s1. The number of fused-ring (bicyclic) bond motifs is 1. The molecule has 1 N–H and O–H groups in total. The third kappa shape index (κ3) is 7.75. The molecule has 37 heavy (non-hydrogen) atoms. The largest absolute Gasteiger partial charge is 0.486 e. The summed E-state index contributed by atoms with van der Waals surface area (Å²) in [6.45, 7) is 5.21. The van der Waals surface area contributed by atoms with Crippen LogP contribution >= 0.6 is 11.6 Å². The lowest BCUT2D eigenvalue weighted by molar-refractivity contribution is -0.140. The molecule has 0 aliphatic carbocycles. The maximum Gasteiger partial charge on any atom is 0.242 e. The van der Waals surface area contributed by atoms with Crippen molar-refractivity contribution in [2.24, 2.45) is 0 Å². The van der Waals surface area contributed by atoms with Crippen molar-refractivity contribution in [2.45, 2.75) is 45.7 Å². The van der Waals surface area contributed by atoms with Gasteiger partial charge in [-0.1, -0.05) is 36.7 Å². The molecule has 0 bridgehead atoms. The van der Waals surface area contributed by atoms with Crippen LogP contribution in [0.3, 0.4) is 0 Å². The minimum atomic E-state index is -3.63. The lowest BCUT2D eigenvalue weighted by atomic mass is 10.1. The van der Waals surface area contributed by atoms with Crippen molar-refractivity contribution in [1.82, 2.24) is 10.2 Å². The quantitative estimate of drug-likeness (QED) is 0.432. The lowest BCUT2D eigenvalue weighted by Crippen LogP contribution is -2.48. The second-order valence-electron chi connectivity index (χ2n) is 8.85. The molecular weight excluding hydrogens is 518 g/mol. The first-order valence-corrected chi connectivity index (χ1v) is 14.5. The normalized spacial score (nSPS) is 13.5. The summed E-state index contributed by atoms with van der Waals surface area (Å²) in [7, 11) is -3.63. The maximum atomic E-state index is 13.3. The summed E-state index contributed by atoms with van der Waals surface area (Å²) < 4.78 is 37.5. The summed E-state index contributed by atoms with van der Waals surface area (Å²) in [5.41, 5.74) is 1.15. The molecule has 1 atom stereocenters. The Bertz CT molecular complexity index is 1210. The van der Waals surface area contributed by atoms with Crippen LogP contribution in [0.15, 0.2) is 42.5 Å². The van der Waals surface area contributed by atoms with E-state index in [0.717, 1.165) is 18.2 Å². The van der Waals surface area contributed by atoms with Crippen LogP contribution in [0.25, 0.3) is 0 Å². The number of carbonyl (C=O) groups is 2. The molecule has 0 spiro atoms. The van der Waals surface area contributed by atoms with Gasteiger partial charge in [0.1, 0.15) is 19.3 Å². The minimum absolute atomic E-state index is 0.0480. The van der Waals surface area contributed by atoms with Crippen LogP contribution in [0.5, 0.6) is 11.5 Å². The highest BCUT2D eigenvalue weighted by atomic mass is 35.5. The number of carbonyl (C=O) groups excluding carboxylic acids is 2. The smallest absolute Gasteiger partial charge is 0.242 e. The molecule has 1 heterocycles. The third-order valence-electron chi connectivity index (χ3n) is 5.98. The summed E-state index contributed by atoms with van der Waals surface area (Å²) in [4.78, 5) is 27.5. The van der Waals surface area contributed by atoms with Gasteiger partial charge in [0.25, 0.3) is 0 Å². The van der Waals surface area contributed by atoms with Crippen molar-refractivity contribution in [3.8, 4) is 11.5 Å². The molecule has 0 saturated heterocycles. The molecule has 2 aromatic rings. The number of halogens is 1. The molecule has 9 nitrogen and oxygen atoms in total. The SMILES string of the molecule is CCCNC(=O)[C@@H](C)N(Cc1ccccc1Cl)C(=O)CCCN(c1ccc2c(c1)OCCO2)S(C)(=O)=O. The summed E-state index contributed by atoms with van der Waals surface area (Å²) in [6.07, 6.45) is 2.20. The average molecular weight is 552 g/mol. The second-order valence-corrected chi connectivity index (χ2v) is 11.2. The molecule has 0 aromatic heterocycles. The van der Waals surface area contributed by atoms with Gasteiger partial charge in [0, 0.05) is 37.1 Å². The number of anilines is 1. The molecule has 1 aliphatic heterocycles.